The van der Waals surface area contributed by atoms with Crippen molar-refractivity contribution in [3.63, 3.8) is 0 Å². The number of alkyl halides is 3. The third kappa shape index (κ3) is 7.84. The Labute approximate surface area is 194 Å². The molecule has 0 saturated carbocycles. The fraction of sp³-hybridized carbons (Fsp3) is 0.318. The third-order valence-electron chi connectivity index (χ3n) is 4.34. The standard InChI is InChI=1S/C22H22F4N4O3S/c1-13(2)8-18-15(4-6-19(29-18)22(24,25)26)5-7-20(31)28-12-14-9-16(11-27)21(17(23)10-14)30-34(3,32)33/h4-7,9-10,13,30H,8,12H2,1-3H3,(H,28,31)/b7-5-. The average molecular weight is 499 g/mol. The predicted molar refractivity (Wildman–Crippen MR) is 118 cm³/mol. The molecule has 0 bridgehead atoms. The van der Waals surface area contributed by atoms with Crippen molar-refractivity contribution in [3.8, 4) is 6.07 Å². The number of hydrogen-bond acceptors (Lipinski definition) is 5. The highest BCUT2D eigenvalue weighted by molar-refractivity contribution is 7.92. The summed E-state index contributed by atoms with van der Waals surface area (Å²) < 4.78 is 77.9. The summed E-state index contributed by atoms with van der Waals surface area (Å²) in [6.45, 7) is 3.47. The molecule has 0 fully saturated rings. The van der Waals surface area contributed by atoms with Gasteiger partial charge in [-0.25, -0.2) is 17.8 Å². The van der Waals surface area contributed by atoms with Crippen LogP contribution in [0.15, 0.2) is 30.3 Å². The normalized spacial score (nSPS) is 12.1. The summed E-state index contributed by atoms with van der Waals surface area (Å²) >= 11 is 0. The van der Waals surface area contributed by atoms with Crippen LogP contribution in [0.4, 0.5) is 23.2 Å². The molecule has 0 aliphatic carbocycles. The second kappa shape index (κ2) is 10.6. The molecule has 1 aromatic heterocycles. The zero-order valence-electron chi connectivity index (χ0n) is 18.5. The lowest BCUT2D eigenvalue weighted by atomic mass is 10.0. The highest BCUT2D eigenvalue weighted by atomic mass is 32.2. The number of carbonyl (C=O) groups is 1. The maximum atomic E-state index is 14.3. The smallest absolute Gasteiger partial charge is 0.348 e. The minimum atomic E-state index is -4.59. The fourth-order valence-electron chi connectivity index (χ4n) is 2.93. The number of aromatic nitrogens is 1. The van der Waals surface area contributed by atoms with Gasteiger partial charge in [0.2, 0.25) is 15.9 Å². The van der Waals surface area contributed by atoms with Gasteiger partial charge >= 0.3 is 6.18 Å². The molecular weight excluding hydrogens is 476 g/mol. The third-order valence-corrected chi connectivity index (χ3v) is 4.92. The van der Waals surface area contributed by atoms with Crippen LogP contribution in [0.1, 0.15) is 41.9 Å². The van der Waals surface area contributed by atoms with Crippen LogP contribution in [-0.4, -0.2) is 25.6 Å². The number of hydrogen-bond donors (Lipinski definition) is 2. The van der Waals surface area contributed by atoms with Gasteiger partial charge in [-0.1, -0.05) is 19.9 Å². The van der Waals surface area contributed by atoms with E-state index in [1.54, 1.807) is 6.07 Å². The number of nitriles is 1. The van der Waals surface area contributed by atoms with Crippen molar-refractivity contribution < 1.29 is 30.8 Å². The number of sulfonamides is 1. The Morgan fingerprint density at radius 1 is 1.26 bits per heavy atom. The number of amides is 1. The van der Waals surface area contributed by atoms with Crippen molar-refractivity contribution in [2.24, 2.45) is 5.92 Å². The second-order valence-corrected chi connectivity index (χ2v) is 9.61. The summed E-state index contributed by atoms with van der Waals surface area (Å²) in [4.78, 5) is 15.9. The molecule has 0 unspecified atom stereocenters. The van der Waals surface area contributed by atoms with Crippen molar-refractivity contribution in [1.29, 1.82) is 5.26 Å². The van der Waals surface area contributed by atoms with Gasteiger partial charge < -0.3 is 5.32 Å². The van der Waals surface area contributed by atoms with Crippen LogP contribution in [0.3, 0.4) is 0 Å². The molecule has 34 heavy (non-hydrogen) atoms. The Morgan fingerprint density at radius 3 is 2.50 bits per heavy atom. The molecule has 0 atom stereocenters. The number of anilines is 1. The van der Waals surface area contributed by atoms with E-state index < -0.39 is 39.3 Å². The minimum absolute atomic E-state index is 0.0290. The van der Waals surface area contributed by atoms with Crippen molar-refractivity contribution in [3.05, 3.63) is 64.2 Å². The summed E-state index contributed by atoms with van der Waals surface area (Å²) in [6.07, 6.45) is -1.06. The monoisotopic (exact) mass is 498 g/mol. The molecule has 0 aliphatic rings. The van der Waals surface area contributed by atoms with E-state index in [-0.39, 0.29) is 35.7 Å². The van der Waals surface area contributed by atoms with Gasteiger partial charge in [0.05, 0.1) is 11.8 Å². The average Bonchev–Trinajstić information content (AvgIpc) is 2.70. The van der Waals surface area contributed by atoms with Gasteiger partial charge in [0, 0.05) is 18.3 Å². The van der Waals surface area contributed by atoms with Crippen molar-refractivity contribution in [2.45, 2.75) is 33.0 Å². The molecule has 2 aromatic rings. The van der Waals surface area contributed by atoms with E-state index in [2.05, 4.69) is 10.3 Å². The largest absolute Gasteiger partial charge is 0.433 e. The predicted octanol–water partition coefficient (Wildman–Crippen LogP) is 4.01. The zero-order chi connectivity index (χ0) is 25.7. The summed E-state index contributed by atoms with van der Waals surface area (Å²) in [5.74, 6) is -1.58. The quantitative estimate of drug-likeness (QED) is 0.422. The van der Waals surface area contributed by atoms with Crippen molar-refractivity contribution >= 4 is 27.7 Å². The maximum Gasteiger partial charge on any atom is 0.433 e. The molecule has 0 aliphatic heterocycles. The highest BCUT2D eigenvalue weighted by Crippen LogP contribution is 2.29. The second-order valence-electron chi connectivity index (χ2n) is 7.87. The summed E-state index contributed by atoms with van der Waals surface area (Å²) in [6, 6.07) is 5.95. The molecule has 2 rings (SSSR count). The summed E-state index contributed by atoms with van der Waals surface area (Å²) in [7, 11) is -3.81. The highest BCUT2D eigenvalue weighted by Gasteiger charge is 2.32. The van der Waals surface area contributed by atoms with Crippen LogP contribution in [-0.2, 0) is 34.0 Å². The van der Waals surface area contributed by atoms with E-state index in [9.17, 15) is 36.0 Å². The topological polar surface area (TPSA) is 112 Å². The molecule has 12 heteroatoms. The number of rotatable bonds is 8. The van der Waals surface area contributed by atoms with E-state index in [1.807, 2.05) is 18.6 Å². The van der Waals surface area contributed by atoms with Gasteiger partial charge in [-0.15, -0.1) is 0 Å². The molecule has 1 aromatic carbocycles. The zero-order valence-corrected chi connectivity index (χ0v) is 19.3. The fourth-order valence-corrected chi connectivity index (χ4v) is 3.51. The van der Waals surface area contributed by atoms with Crippen LogP contribution in [0.25, 0.3) is 6.08 Å². The van der Waals surface area contributed by atoms with Gasteiger partial charge in [-0.05, 0) is 47.7 Å². The van der Waals surface area contributed by atoms with Crippen LogP contribution in [0.2, 0.25) is 0 Å². The number of halogens is 4. The first-order valence-corrected chi connectivity index (χ1v) is 11.8. The number of pyridine rings is 1. The van der Waals surface area contributed by atoms with E-state index >= 15 is 0 Å². The first-order chi connectivity index (χ1) is 15.7. The van der Waals surface area contributed by atoms with Crippen LogP contribution < -0.4 is 10.0 Å². The Hall–Kier alpha value is -3.46. The SMILES string of the molecule is CC(C)Cc1nc(C(F)(F)F)ccc1/C=C\C(=O)NCc1cc(F)c(NS(C)(=O)=O)c(C#N)c1. The van der Waals surface area contributed by atoms with Gasteiger partial charge in [0.15, 0.2) is 0 Å². The first kappa shape index (κ1) is 26.8. The molecular formula is C22H22F4N4O3S. The van der Waals surface area contributed by atoms with E-state index in [1.165, 1.54) is 18.2 Å². The summed E-state index contributed by atoms with van der Waals surface area (Å²) in [5, 5.41) is 11.7. The van der Waals surface area contributed by atoms with Crippen LogP contribution in [0.5, 0.6) is 0 Å². The Kier molecular flexibility index (Phi) is 8.39. The lowest BCUT2D eigenvalue weighted by Crippen LogP contribution is -2.21. The Balaban J connectivity index is 2.17. The first-order valence-electron chi connectivity index (χ1n) is 9.93. The van der Waals surface area contributed by atoms with Crippen molar-refractivity contribution in [2.75, 3.05) is 11.0 Å². The molecule has 1 amide bonds. The lowest BCUT2D eigenvalue weighted by Gasteiger charge is -2.12. The Bertz CT molecular complexity index is 1250. The number of carbonyl (C=O) groups excluding carboxylic acids is 1. The van der Waals surface area contributed by atoms with Gasteiger partial charge in [-0.3, -0.25) is 9.52 Å². The van der Waals surface area contributed by atoms with E-state index in [4.69, 9.17) is 0 Å². The number of nitrogens with zero attached hydrogens (tertiary/aromatic N) is 2. The molecule has 1 heterocycles. The molecule has 0 saturated heterocycles. The molecule has 0 radical (unpaired) electrons. The van der Waals surface area contributed by atoms with E-state index in [0.29, 0.717) is 5.56 Å². The number of benzene rings is 1. The molecule has 7 nitrogen and oxygen atoms in total. The van der Waals surface area contributed by atoms with Gasteiger partial charge in [-0.2, -0.15) is 18.4 Å². The minimum Gasteiger partial charge on any atom is -0.348 e. The molecule has 2 N–H and O–H groups in total. The number of nitrogens with one attached hydrogen (secondary N) is 2. The molecule has 182 valence electrons. The van der Waals surface area contributed by atoms with Gasteiger partial charge in [0.1, 0.15) is 23.3 Å². The lowest BCUT2D eigenvalue weighted by molar-refractivity contribution is -0.141. The van der Waals surface area contributed by atoms with E-state index in [0.717, 1.165) is 24.5 Å². The Morgan fingerprint density at radius 2 is 1.94 bits per heavy atom. The van der Waals surface area contributed by atoms with Gasteiger partial charge in [0.25, 0.3) is 0 Å². The molecule has 0 spiro atoms. The maximum absolute atomic E-state index is 14.3. The van der Waals surface area contributed by atoms with Crippen LogP contribution in [0, 0.1) is 23.1 Å². The summed E-state index contributed by atoms with van der Waals surface area (Å²) in [5.41, 5.74) is -1.03. The van der Waals surface area contributed by atoms with Crippen molar-refractivity contribution in [1.82, 2.24) is 10.3 Å². The van der Waals surface area contributed by atoms with Crippen LogP contribution >= 0.6 is 0 Å².